The number of rotatable bonds is 9. The molecule has 0 atom stereocenters. The largest absolute Gasteiger partial charge is 0.310 e. The van der Waals surface area contributed by atoms with Crippen molar-refractivity contribution < 1.29 is 0 Å². The fourth-order valence-electron chi connectivity index (χ4n) is 12.4. The van der Waals surface area contributed by atoms with E-state index < -0.39 is 8.07 Å². The number of hydrogen-bond donors (Lipinski definition) is 0. The summed E-state index contributed by atoms with van der Waals surface area (Å²) in [7, 11) is -3.37. The van der Waals surface area contributed by atoms with Gasteiger partial charge in [-0.25, -0.2) is 0 Å². The van der Waals surface area contributed by atoms with E-state index in [0.717, 1.165) is 34.1 Å². The second kappa shape index (κ2) is 17.2. The van der Waals surface area contributed by atoms with Gasteiger partial charge in [0.1, 0.15) is 0 Å². The van der Waals surface area contributed by atoms with Gasteiger partial charge in [-0.15, -0.1) is 0 Å². The molecule has 12 aromatic rings. The fourth-order valence-corrected chi connectivity index (χ4v) is 17.7. The Morgan fingerprint density at radius 3 is 1.35 bits per heavy atom. The molecule has 4 heteroatoms. The van der Waals surface area contributed by atoms with Gasteiger partial charge in [0.25, 0.3) is 0 Å². The maximum atomic E-state index is 2.62. The van der Waals surface area contributed by atoms with Crippen molar-refractivity contribution in [3.8, 4) is 22.3 Å². The van der Waals surface area contributed by atoms with Crippen LogP contribution in [0.2, 0.25) is 0 Å². The normalized spacial score (nSPS) is 12.8. The van der Waals surface area contributed by atoms with E-state index in [1.807, 2.05) is 0 Å². The average Bonchev–Trinajstić information content (AvgIpc) is 3.75. The van der Waals surface area contributed by atoms with Crippen LogP contribution < -0.4 is 46.9 Å². The number of anilines is 6. The smallest absolute Gasteiger partial charge is 0.242 e. The van der Waals surface area contributed by atoms with Gasteiger partial charge in [0.15, 0.2) is 8.07 Å². The maximum absolute atomic E-state index is 3.37. The van der Waals surface area contributed by atoms with Crippen LogP contribution in [0.4, 0.5) is 34.1 Å². The first-order valence-electron chi connectivity index (χ1n) is 25.0. The first-order chi connectivity index (χ1) is 35.8. The third-order valence-corrected chi connectivity index (χ3v) is 20.2. The lowest BCUT2D eigenvalue weighted by Gasteiger charge is -2.38. The Hall–Kier alpha value is -8.96. The van der Waals surface area contributed by atoms with Gasteiger partial charge < -0.3 is 9.80 Å². The summed E-state index contributed by atoms with van der Waals surface area (Å²) in [5, 5.41) is 10.3. The van der Waals surface area contributed by atoms with Crippen LogP contribution in [0.1, 0.15) is 0 Å². The van der Waals surface area contributed by atoms with Crippen LogP contribution >= 0.6 is 0 Å². The Labute approximate surface area is 422 Å². The summed E-state index contributed by atoms with van der Waals surface area (Å²) in [5.41, 5.74) is 16.1. The standard InChI is InChI=1S/C68H47BN2Si/c1-6-27-50(28-7-1)69-61-40-22-39-60-59-44-43-53(70(51-29-8-2-9-30-51)63-41-20-25-48-23-16-18-37-57(48)63)46-65(59)72(55-33-12-4-13-34-55,56-35-14-5-15-36-56)66-47-54(45-62(69)68(66)67(60)61)71(52-31-10-3-11-32-52)64-42-21-26-49-24-17-19-38-58(49)64/h1-47H. The van der Waals surface area contributed by atoms with E-state index in [-0.39, 0.29) is 6.71 Å². The molecule has 0 bridgehead atoms. The molecule has 2 heterocycles. The molecule has 0 radical (unpaired) electrons. The molecule has 0 saturated heterocycles. The quantitative estimate of drug-likeness (QED) is 0.133. The molecule has 12 aromatic carbocycles. The lowest BCUT2D eigenvalue weighted by Crippen LogP contribution is -2.75. The van der Waals surface area contributed by atoms with E-state index in [1.165, 1.54) is 80.9 Å². The van der Waals surface area contributed by atoms with Crippen molar-refractivity contribution in [1.82, 2.24) is 0 Å². The summed E-state index contributed by atoms with van der Waals surface area (Å²) in [4.78, 5) is 5.01. The van der Waals surface area contributed by atoms with E-state index in [9.17, 15) is 0 Å². The lowest BCUT2D eigenvalue weighted by atomic mass is 9.39. The molecule has 2 nitrogen and oxygen atoms in total. The van der Waals surface area contributed by atoms with Gasteiger partial charge in [0.2, 0.25) is 6.71 Å². The zero-order valence-corrected chi connectivity index (χ0v) is 40.6. The minimum Gasteiger partial charge on any atom is -0.310 e. The highest BCUT2D eigenvalue weighted by molar-refractivity contribution is 7.21. The van der Waals surface area contributed by atoms with Crippen molar-refractivity contribution in [1.29, 1.82) is 0 Å². The molecule has 0 saturated carbocycles. The minimum atomic E-state index is -3.37. The zero-order valence-electron chi connectivity index (χ0n) is 39.6. The third kappa shape index (κ3) is 6.50. The van der Waals surface area contributed by atoms with Crippen molar-refractivity contribution in [3.05, 3.63) is 285 Å². The first-order valence-corrected chi connectivity index (χ1v) is 27.0. The van der Waals surface area contributed by atoms with Crippen LogP contribution in [0.5, 0.6) is 0 Å². The van der Waals surface area contributed by atoms with Crippen molar-refractivity contribution >= 4 is 108 Å². The van der Waals surface area contributed by atoms with Crippen LogP contribution in [0.25, 0.3) is 43.8 Å². The summed E-state index contributed by atoms with van der Waals surface area (Å²) < 4.78 is 0. The summed E-state index contributed by atoms with van der Waals surface area (Å²) in [5.74, 6) is 0. The predicted molar refractivity (Wildman–Crippen MR) is 310 cm³/mol. The van der Waals surface area contributed by atoms with Crippen molar-refractivity contribution in [3.63, 3.8) is 0 Å². The lowest BCUT2D eigenvalue weighted by molar-refractivity contribution is 1.30. The molecule has 0 unspecified atom stereocenters. The molecule has 72 heavy (non-hydrogen) atoms. The highest BCUT2D eigenvalue weighted by Crippen LogP contribution is 2.45. The Balaban J connectivity index is 1.16. The van der Waals surface area contributed by atoms with Crippen LogP contribution in [0.3, 0.4) is 0 Å². The predicted octanol–water partition coefficient (Wildman–Crippen LogP) is 12.8. The van der Waals surface area contributed by atoms with E-state index in [1.54, 1.807) is 0 Å². The molecule has 2 aliphatic rings. The zero-order chi connectivity index (χ0) is 47.6. The van der Waals surface area contributed by atoms with Crippen molar-refractivity contribution in [2.45, 2.75) is 0 Å². The van der Waals surface area contributed by atoms with Crippen LogP contribution in [-0.2, 0) is 0 Å². The van der Waals surface area contributed by atoms with E-state index in [2.05, 4.69) is 295 Å². The van der Waals surface area contributed by atoms with Crippen LogP contribution in [-0.4, -0.2) is 14.8 Å². The fraction of sp³-hybridized carbons (Fsp3) is 0. The molecule has 0 amide bonds. The topological polar surface area (TPSA) is 6.48 Å². The van der Waals surface area contributed by atoms with Gasteiger partial charge in [-0.3, -0.25) is 0 Å². The number of para-hydroxylation sites is 2. The molecule has 0 fully saturated rings. The summed E-state index contributed by atoms with van der Waals surface area (Å²) in [6, 6.07) is 107. The highest BCUT2D eigenvalue weighted by atomic mass is 28.3. The van der Waals surface area contributed by atoms with E-state index in [4.69, 9.17) is 0 Å². The molecule has 2 aliphatic heterocycles. The molecule has 14 rings (SSSR count). The summed E-state index contributed by atoms with van der Waals surface area (Å²) in [6.45, 7) is 0.0130. The number of nitrogens with zero attached hydrogens (tertiary/aromatic N) is 2. The molecule has 336 valence electrons. The second-order valence-corrected chi connectivity index (χ2v) is 22.9. The van der Waals surface area contributed by atoms with Gasteiger partial charge >= 0.3 is 0 Å². The Morgan fingerprint density at radius 1 is 0.292 bits per heavy atom. The number of hydrogen-bond acceptors (Lipinski definition) is 2. The van der Waals surface area contributed by atoms with Crippen LogP contribution in [0, 0.1) is 0 Å². The van der Waals surface area contributed by atoms with Crippen molar-refractivity contribution in [2.75, 3.05) is 9.80 Å². The molecule has 0 spiro atoms. The van der Waals surface area contributed by atoms with E-state index in [0.29, 0.717) is 0 Å². The molecular weight excluding hydrogens is 884 g/mol. The highest BCUT2D eigenvalue weighted by Gasteiger charge is 2.51. The number of benzene rings is 12. The van der Waals surface area contributed by atoms with Gasteiger partial charge in [-0.1, -0.05) is 241 Å². The average molecular weight is 931 g/mol. The van der Waals surface area contributed by atoms with E-state index >= 15 is 0 Å². The molecule has 0 aliphatic carbocycles. The van der Waals surface area contributed by atoms with Gasteiger partial charge in [0, 0.05) is 33.5 Å². The number of fused-ring (bicyclic) bond motifs is 4. The molecular formula is C68H47BN2Si. The SMILES string of the molecule is c1ccc(B2c3cccc4c3-c3c2cc(N(c2ccccc2)c2cccc5ccccc25)cc3[Si](c2ccccc2)(c2ccccc2)c2cc(N(c3ccccc3)c3cccc5ccccc35)ccc2-4)cc1. The minimum absolute atomic E-state index is 0.0130. The van der Waals surface area contributed by atoms with Gasteiger partial charge in [-0.2, -0.15) is 0 Å². The van der Waals surface area contributed by atoms with Gasteiger partial charge in [0.05, 0.1) is 11.4 Å². The summed E-state index contributed by atoms with van der Waals surface area (Å²) in [6.07, 6.45) is 0. The first kappa shape index (κ1) is 42.0. The van der Waals surface area contributed by atoms with Crippen LogP contribution in [0.15, 0.2) is 285 Å². The monoisotopic (exact) mass is 930 g/mol. The second-order valence-electron chi connectivity index (χ2n) is 19.1. The Kier molecular flexibility index (Phi) is 10.0. The van der Waals surface area contributed by atoms with Crippen molar-refractivity contribution in [2.24, 2.45) is 0 Å². The Morgan fingerprint density at radius 2 is 0.764 bits per heavy atom. The third-order valence-electron chi connectivity index (χ3n) is 15.3. The molecule has 0 N–H and O–H groups in total. The summed E-state index contributed by atoms with van der Waals surface area (Å²) >= 11 is 0. The molecule has 0 aromatic heterocycles. The maximum Gasteiger partial charge on any atom is 0.242 e. The van der Waals surface area contributed by atoms with Gasteiger partial charge in [-0.05, 0) is 114 Å². The Bertz CT molecular complexity index is 3950.